The van der Waals surface area contributed by atoms with E-state index in [2.05, 4.69) is 10.4 Å². The Hall–Kier alpha value is -1.75. The third-order valence-electron chi connectivity index (χ3n) is 2.50. The number of aromatic nitrogens is 2. The lowest BCUT2D eigenvalue weighted by Gasteiger charge is -2.12. The summed E-state index contributed by atoms with van der Waals surface area (Å²) in [5.41, 5.74) is 4.37. The normalized spacial score (nSPS) is 10.5. The van der Waals surface area contributed by atoms with Crippen molar-refractivity contribution in [3.63, 3.8) is 0 Å². The van der Waals surface area contributed by atoms with Gasteiger partial charge in [-0.1, -0.05) is 19.1 Å². The SMILES string of the molecule is CCC(=O)Nn1c(=S)c(C)cc2cccnc21. The van der Waals surface area contributed by atoms with E-state index in [-0.39, 0.29) is 5.91 Å². The van der Waals surface area contributed by atoms with Crippen LogP contribution >= 0.6 is 12.2 Å². The van der Waals surface area contributed by atoms with Gasteiger partial charge in [0.1, 0.15) is 4.64 Å². The van der Waals surface area contributed by atoms with Gasteiger partial charge in [0, 0.05) is 18.0 Å². The molecule has 2 heterocycles. The maximum absolute atomic E-state index is 11.5. The quantitative estimate of drug-likeness (QED) is 0.830. The van der Waals surface area contributed by atoms with Gasteiger partial charge in [0.2, 0.25) is 5.91 Å². The average Bonchev–Trinajstić information content (AvgIpc) is 2.34. The number of pyridine rings is 2. The van der Waals surface area contributed by atoms with Crippen LogP contribution in [0.3, 0.4) is 0 Å². The molecular weight excluding hydrogens is 234 g/mol. The molecule has 2 rings (SSSR count). The Morgan fingerprint density at radius 2 is 2.35 bits per heavy atom. The summed E-state index contributed by atoms with van der Waals surface area (Å²) >= 11 is 5.30. The summed E-state index contributed by atoms with van der Waals surface area (Å²) in [7, 11) is 0. The van der Waals surface area contributed by atoms with Crippen molar-refractivity contribution in [3.05, 3.63) is 34.6 Å². The highest BCUT2D eigenvalue weighted by molar-refractivity contribution is 7.71. The molecule has 0 unspecified atom stereocenters. The Morgan fingerprint density at radius 1 is 1.59 bits per heavy atom. The zero-order chi connectivity index (χ0) is 12.4. The first kappa shape index (κ1) is 11.7. The minimum absolute atomic E-state index is 0.0846. The third-order valence-corrected chi connectivity index (χ3v) is 3.00. The minimum atomic E-state index is -0.0846. The largest absolute Gasteiger partial charge is 0.273 e. The smallest absolute Gasteiger partial charge is 0.238 e. The van der Waals surface area contributed by atoms with Crippen LogP contribution in [0.15, 0.2) is 24.4 Å². The number of nitrogens with zero attached hydrogens (tertiary/aromatic N) is 2. The zero-order valence-corrected chi connectivity index (χ0v) is 10.5. The van der Waals surface area contributed by atoms with Crippen LogP contribution in [0.1, 0.15) is 18.9 Å². The lowest BCUT2D eigenvalue weighted by Crippen LogP contribution is -2.24. The van der Waals surface area contributed by atoms with Crippen molar-refractivity contribution in [1.82, 2.24) is 9.66 Å². The molecule has 0 atom stereocenters. The number of hydrogen-bond acceptors (Lipinski definition) is 3. The number of fused-ring (bicyclic) bond motifs is 1. The highest BCUT2D eigenvalue weighted by Gasteiger charge is 2.06. The topological polar surface area (TPSA) is 46.9 Å². The van der Waals surface area contributed by atoms with E-state index in [4.69, 9.17) is 12.2 Å². The first-order valence-corrected chi connectivity index (χ1v) is 5.81. The molecule has 0 spiro atoms. The van der Waals surface area contributed by atoms with Crippen LogP contribution in [0, 0.1) is 11.6 Å². The van der Waals surface area contributed by atoms with Gasteiger partial charge in [-0.3, -0.25) is 10.2 Å². The number of hydrogen-bond donors (Lipinski definition) is 1. The Morgan fingerprint density at radius 3 is 3.06 bits per heavy atom. The van der Waals surface area contributed by atoms with Crippen molar-refractivity contribution in [2.75, 3.05) is 5.43 Å². The summed E-state index contributed by atoms with van der Waals surface area (Å²) in [5, 5.41) is 0.954. The molecule has 88 valence electrons. The van der Waals surface area contributed by atoms with Gasteiger partial charge in [0.15, 0.2) is 5.65 Å². The number of carbonyl (C=O) groups excluding carboxylic acids is 1. The third kappa shape index (κ3) is 2.19. The Labute approximate surface area is 104 Å². The van der Waals surface area contributed by atoms with Crippen molar-refractivity contribution in [2.24, 2.45) is 0 Å². The predicted molar refractivity (Wildman–Crippen MR) is 70.0 cm³/mol. The lowest BCUT2D eigenvalue weighted by molar-refractivity contribution is -0.116. The molecule has 1 N–H and O–H groups in total. The van der Waals surface area contributed by atoms with Gasteiger partial charge in [0.25, 0.3) is 0 Å². The molecule has 5 heteroatoms. The van der Waals surface area contributed by atoms with Crippen LogP contribution in [0.25, 0.3) is 11.0 Å². The Bertz CT molecular complexity index is 633. The second-order valence-electron chi connectivity index (χ2n) is 3.77. The fourth-order valence-corrected chi connectivity index (χ4v) is 1.77. The highest BCUT2D eigenvalue weighted by Crippen LogP contribution is 2.14. The van der Waals surface area contributed by atoms with Crippen molar-refractivity contribution in [3.8, 4) is 0 Å². The summed E-state index contributed by atoms with van der Waals surface area (Å²) in [4.78, 5) is 15.7. The standard InChI is InChI=1S/C12H13N3OS/c1-3-10(16)14-15-11-9(5-4-6-13-11)7-8(2)12(15)17/h4-7H,3H2,1-2H3,(H,14,16). The molecule has 2 aromatic heterocycles. The van der Waals surface area contributed by atoms with Crippen molar-refractivity contribution >= 4 is 29.2 Å². The average molecular weight is 247 g/mol. The number of carbonyl (C=O) groups is 1. The molecule has 0 aliphatic heterocycles. The van der Waals surface area contributed by atoms with E-state index in [0.29, 0.717) is 16.7 Å². The fraction of sp³-hybridized carbons (Fsp3) is 0.250. The van der Waals surface area contributed by atoms with Crippen molar-refractivity contribution in [1.29, 1.82) is 0 Å². The van der Waals surface area contributed by atoms with Gasteiger partial charge in [-0.05, 0) is 30.7 Å². The van der Waals surface area contributed by atoms with Gasteiger partial charge in [-0.25, -0.2) is 9.66 Å². The number of aryl methyl sites for hydroxylation is 1. The first-order chi connectivity index (χ1) is 8.13. The summed E-state index contributed by atoms with van der Waals surface area (Å²) < 4.78 is 2.16. The second kappa shape index (κ2) is 4.63. The molecule has 0 aromatic carbocycles. The van der Waals surface area contributed by atoms with E-state index in [1.54, 1.807) is 17.8 Å². The second-order valence-corrected chi connectivity index (χ2v) is 4.16. The molecule has 0 saturated carbocycles. The van der Waals surface area contributed by atoms with Gasteiger partial charge >= 0.3 is 0 Å². The molecule has 1 amide bonds. The first-order valence-electron chi connectivity index (χ1n) is 5.40. The van der Waals surface area contributed by atoms with Crippen LogP contribution in [0.4, 0.5) is 0 Å². The zero-order valence-electron chi connectivity index (χ0n) is 9.73. The van der Waals surface area contributed by atoms with Crippen LogP contribution in [-0.4, -0.2) is 15.6 Å². The van der Waals surface area contributed by atoms with Crippen LogP contribution in [-0.2, 0) is 4.79 Å². The van der Waals surface area contributed by atoms with Crippen LogP contribution in [0.5, 0.6) is 0 Å². The van der Waals surface area contributed by atoms with E-state index in [0.717, 1.165) is 10.9 Å². The van der Waals surface area contributed by atoms with E-state index < -0.39 is 0 Å². The van der Waals surface area contributed by atoms with Gasteiger partial charge < -0.3 is 0 Å². The maximum Gasteiger partial charge on any atom is 0.238 e. The molecule has 0 saturated heterocycles. The molecule has 0 aliphatic rings. The number of rotatable bonds is 2. The molecular formula is C12H13N3OS. The maximum atomic E-state index is 11.5. The van der Waals surface area contributed by atoms with Crippen molar-refractivity contribution in [2.45, 2.75) is 20.3 Å². The van der Waals surface area contributed by atoms with E-state index >= 15 is 0 Å². The monoisotopic (exact) mass is 247 g/mol. The summed E-state index contributed by atoms with van der Waals surface area (Å²) in [6.07, 6.45) is 2.09. The summed E-state index contributed by atoms with van der Waals surface area (Å²) in [6.45, 7) is 3.72. The van der Waals surface area contributed by atoms with Gasteiger partial charge in [0.05, 0.1) is 0 Å². The molecule has 0 bridgehead atoms. The summed E-state index contributed by atoms with van der Waals surface area (Å²) in [6, 6.07) is 5.77. The predicted octanol–water partition coefficient (Wildman–Crippen LogP) is 2.55. The number of amides is 1. The van der Waals surface area contributed by atoms with Gasteiger partial charge in [-0.15, -0.1) is 0 Å². The van der Waals surface area contributed by atoms with Crippen LogP contribution in [0.2, 0.25) is 0 Å². The van der Waals surface area contributed by atoms with E-state index in [9.17, 15) is 4.79 Å². The molecule has 4 nitrogen and oxygen atoms in total. The Kier molecular flexibility index (Phi) is 3.19. The van der Waals surface area contributed by atoms with Crippen LogP contribution < -0.4 is 5.43 Å². The van der Waals surface area contributed by atoms with Crippen molar-refractivity contribution < 1.29 is 4.79 Å². The van der Waals surface area contributed by atoms with E-state index in [1.807, 2.05) is 25.1 Å². The molecule has 0 fully saturated rings. The number of nitrogens with one attached hydrogen (secondary N) is 1. The summed E-state index contributed by atoms with van der Waals surface area (Å²) in [5.74, 6) is -0.0846. The molecule has 0 radical (unpaired) electrons. The lowest BCUT2D eigenvalue weighted by atomic mass is 10.2. The van der Waals surface area contributed by atoms with E-state index in [1.165, 1.54) is 0 Å². The molecule has 17 heavy (non-hydrogen) atoms. The fourth-order valence-electron chi connectivity index (χ4n) is 1.58. The Balaban J connectivity index is 2.70. The minimum Gasteiger partial charge on any atom is -0.273 e. The van der Waals surface area contributed by atoms with Gasteiger partial charge in [-0.2, -0.15) is 0 Å². The highest BCUT2D eigenvalue weighted by atomic mass is 32.1. The molecule has 0 aliphatic carbocycles. The molecule has 2 aromatic rings.